The highest BCUT2D eigenvalue weighted by Gasteiger charge is 2.49. The fraction of sp³-hybridized carbons (Fsp3) is 0.800. The Balaban J connectivity index is 0. The smallest absolute Gasteiger partial charge is 0.406 e. The Morgan fingerprint density at radius 2 is 1.83 bits per heavy atom. The van der Waals surface area contributed by atoms with Crippen molar-refractivity contribution in [2.45, 2.75) is 25.1 Å². The highest BCUT2D eigenvalue weighted by Crippen LogP contribution is 2.30. The number of carbonyl (C=O) groups is 1. The van der Waals surface area contributed by atoms with Crippen molar-refractivity contribution in [3.63, 3.8) is 0 Å². The van der Waals surface area contributed by atoms with E-state index in [-0.39, 0.29) is 12.4 Å². The lowest BCUT2D eigenvalue weighted by molar-refractivity contribution is -0.188. The van der Waals surface area contributed by atoms with Gasteiger partial charge in [0.05, 0.1) is 6.42 Å². The van der Waals surface area contributed by atoms with E-state index in [1.807, 2.05) is 0 Å². The average molecular weight is 208 g/mol. The van der Waals surface area contributed by atoms with Gasteiger partial charge in [0.1, 0.15) is 5.54 Å². The van der Waals surface area contributed by atoms with Crippen LogP contribution >= 0.6 is 12.4 Å². The fourth-order valence-corrected chi connectivity index (χ4v) is 0.414. The van der Waals surface area contributed by atoms with Crippen LogP contribution in [-0.4, -0.2) is 22.8 Å². The first kappa shape index (κ1) is 14.1. The predicted octanol–water partition coefficient (Wildman–Crippen LogP) is 1.16. The van der Waals surface area contributed by atoms with E-state index in [1.54, 1.807) is 0 Å². The standard InChI is InChI=1S/C5H8F3NO2.ClH/c1-4(9,2-3(10)11)5(6,7)8;/h2,9H2,1H3,(H,10,11);1H. The zero-order valence-corrected chi connectivity index (χ0v) is 7.00. The zero-order chi connectivity index (χ0) is 9.28. The minimum absolute atomic E-state index is 0. The van der Waals surface area contributed by atoms with Gasteiger partial charge in [0.15, 0.2) is 0 Å². The Hall–Kier alpha value is -0.490. The molecule has 3 nitrogen and oxygen atoms in total. The number of carboxylic acid groups (broad SMARTS) is 1. The molecule has 0 amide bonds. The summed E-state index contributed by atoms with van der Waals surface area (Å²) >= 11 is 0. The molecule has 7 heteroatoms. The number of hydrogen-bond donors (Lipinski definition) is 2. The summed E-state index contributed by atoms with van der Waals surface area (Å²) in [6.45, 7) is 0.640. The molecule has 0 bridgehead atoms. The number of nitrogens with two attached hydrogens (primary N) is 1. The van der Waals surface area contributed by atoms with Crippen LogP contribution in [0.4, 0.5) is 13.2 Å². The van der Waals surface area contributed by atoms with Crippen molar-refractivity contribution in [3.05, 3.63) is 0 Å². The first-order valence-electron chi connectivity index (χ1n) is 2.74. The molecule has 0 aliphatic carbocycles. The van der Waals surface area contributed by atoms with Crippen LogP contribution in [0.25, 0.3) is 0 Å². The van der Waals surface area contributed by atoms with Crippen LogP contribution in [0, 0.1) is 0 Å². The quantitative estimate of drug-likeness (QED) is 0.714. The molecule has 0 saturated heterocycles. The van der Waals surface area contributed by atoms with Crippen molar-refractivity contribution in [2.75, 3.05) is 0 Å². The van der Waals surface area contributed by atoms with Gasteiger partial charge in [-0.25, -0.2) is 0 Å². The summed E-state index contributed by atoms with van der Waals surface area (Å²) in [4.78, 5) is 9.88. The second kappa shape index (κ2) is 3.95. The zero-order valence-electron chi connectivity index (χ0n) is 6.18. The van der Waals surface area contributed by atoms with Crippen molar-refractivity contribution < 1.29 is 23.1 Å². The Labute approximate surface area is 73.1 Å². The molecule has 3 N–H and O–H groups in total. The molecule has 0 spiro atoms. The van der Waals surface area contributed by atoms with Gasteiger partial charge in [0, 0.05) is 0 Å². The van der Waals surface area contributed by atoms with Crippen LogP contribution in [0.2, 0.25) is 0 Å². The van der Waals surface area contributed by atoms with Crippen molar-refractivity contribution in [1.82, 2.24) is 0 Å². The van der Waals surface area contributed by atoms with Gasteiger partial charge in [-0.1, -0.05) is 0 Å². The van der Waals surface area contributed by atoms with Crippen molar-refractivity contribution in [1.29, 1.82) is 0 Å². The van der Waals surface area contributed by atoms with Crippen LogP contribution in [-0.2, 0) is 4.79 Å². The van der Waals surface area contributed by atoms with E-state index in [2.05, 4.69) is 5.73 Å². The molecule has 0 saturated carbocycles. The Kier molecular flexibility index (Phi) is 4.63. The summed E-state index contributed by atoms with van der Waals surface area (Å²) in [6.07, 6.45) is -5.79. The van der Waals surface area contributed by atoms with Crippen LogP contribution in [0.3, 0.4) is 0 Å². The summed E-state index contributed by atoms with van der Waals surface area (Å²) in [5.74, 6) is -1.56. The number of halogens is 4. The molecule has 12 heavy (non-hydrogen) atoms. The van der Waals surface area contributed by atoms with Crippen LogP contribution in [0.1, 0.15) is 13.3 Å². The SMILES string of the molecule is CC(N)(CC(=O)O)C(F)(F)F.Cl. The Bertz CT molecular complexity index is 169. The molecule has 0 aromatic rings. The molecule has 0 fully saturated rings. The number of alkyl halides is 3. The maximum atomic E-state index is 11.8. The lowest BCUT2D eigenvalue weighted by Crippen LogP contribution is -2.52. The Morgan fingerprint density at radius 3 is 1.92 bits per heavy atom. The Morgan fingerprint density at radius 1 is 1.50 bits per heavy atom. The van der Waals surface area contributed by atoms with E-state index in [0.29, 0.717) is 6.92 Å². The number of rotatable bonds is 2. The van der Waals surface area contributed by atoms with E-state index in [9.17, 15) is 18.0 Å². The molecular weight excluding hydrogens is 199 g/mol. The lowest BCUT2D eigenvalue weighted by Gasteiger charge is -2.25. The minimum Gasteiger partial charge on any atom is -0.481 e. The predicted molar refractivity (Wildman–Crippen MR) is 38.1 cm³/mol. The van der Waals surface area contributed by atoms with Gasteiger partial charge in [0.2, 0.25) is 0 Å². The summed E-state index contributed by atoms with van der Waals surface area (Å²) in [5, 5.41) is 8.03. The first-order chi connectivity index (χ1) is 4.67. The highest BCUT2D eigenvalue weighted by molar-refractivity contribution is 5.85. The van der Waals surface area contributed by atoms with Crippen LogP contribution < -0.4 is 5.73 Å². The van der Waals surface area contributed by atoms with Gasteiger partial charge in [-0.2, -0.15) is 13.2 Å². The van der Waals surface area contributed by atoms with E-state index < -0.39 is 24.1 Å². The molecule has 1 unspecified atom stereocenters. The third-order valence-electron chi connectivity index (χ3n) is 1.17. The largest absolute Gasteiger partial charge is 0.481 e. The van der Waals surface area contributed by atoms with E-state index in [0.717, 1.165) is 0 Å². The molecular formula is C5H9ClF3NO2. The van der Waals surface area contributed by atoms with Crippen molar-refractivity contribution in [2.24, 2.45) is 5.73 Å². The molecule has 0 aliphatic rings. The minimum atomic E-state index is -4.68. The fourth-order valence-electron chi connectivity index (χ4n) is 0.414. The highest BCUT2D eigenvalue weighted by atomic mass is 35.5. The van der Waals surface area contributed by atoms with Gasteiger partial charge in [-0.15, -0.1) is 12.4 Å². The maximum absolute atomic E-state index is 11.8. The molecule has 74 valence electrons. The second-order valence-corrected chi connectivity index (χ2v) is 2.49. The molecule has 0 rings (SSSR count). The van der Waals surface area contributed by atoms with Gasteiger partial charge in [0.25, 0.3) is 0 Å². The van der Waals surface area contributed by atoms with E-state index in [1.165, 1.54) is 0 Å². The number of aliphatic carboxylic acids is 1. The second-order valence-electron chi connectivity index (χ2n) is 2.49. The number of hydrogen-bond acceptors (Lipinski definition) is 2. The maximum Gasteiger partial charge on any atom is 0.406 e. The van der Waals surface area contributed by atoms with Crippen LogP contribution in [0.5, 0.6) is 0 Å². The van der Waals surface area contributed by atoms with Crippen molar-refractivity contribution in [3.8, 4) is 0 Å². The summed E-state index contributed by atoms with van der Waals surface area (Å²) in [5.41, 5.74) is 2.05. The summed E-state index contributed by atoms with van der Waals surface area (Å²) in [6, 6.07) is 0. The van der Waals surface area contributed by atoms with Gasteiger partial charge in [-0.3, -0.25) is 4.79 Å². The lowest BCUT2D eigenvalue weighted by atomic mass is 9.99. The molecule has 0 aliphatic heterocycles. The van der Waals surface area contributed by atoms with Crippen LogP contribution in [0.15, 0.2) is 0 Å². The molecule has 0 aromatic heterocycles. The summed E-state index contributed by atoms with van der Waals surface area (Å²) in [7, 11) is 0. The third kappa shape index (κ3) is 3.77. The van der Waals surface area contributed by atoms with Gasteiger partial charge < -0.3 is 10.8 Å². The first-order valence-corrected chi connectivity index (χ1v) is 2.74. The topological polar surface area (TPSA) is 63.3 Å². The monoisotopic (exact) mass is 207 g/mol. The third-order valence-corrected chi connectivity index (χ3v) is 1.17. The molecule has 0 radical (unpaired) electrons. The number of carboxylic acids is 1. The molecule has 0 aromatic carbocycles. The van der Waals surface area contributed by atoms with Gasteiger partial charge in [-0.05, 0) is 6.92 Å². The molecule has 0 heterocycles. The summed E-state index contributed by atoms with van der Waals surface area (Å²) < 4.78 is 35.4. The van der Waals surface area contributed by atoms with Gasteiger partial charge >= 0.3 is 12.1 Å². The van der Waals surface area contributed by atoms with E-state index >= 15 is 0 Å². The van der Waals surface area contributed by atoms with E-state index in [4.69, 9.17) is 5.11 Å². The normalized spacial score (nSPS) is 16.1. The average Bonchev–Trinajstić information content (AvgIpc) is 1.56. The van der Waals surface area contributed by atoms with Crippen molar-refractivity contribution >= 4 is 18.4 Å². The molecule has 1 atom stereocenters.